The third kappa shape index (κ3) is 1.56. The Labute approximate surface area is 90.5 Å². The van der Waals surface area contributed by atoms with Crippen molar-refractivity contribution in [1.29, 1.82) is 0 Å². The third-order valence-electron chi connectivity index (χ3n) is 3.49. The van der Waals surface area contributed by atoms with Gasteiger partial charge in [0.1, 0.15) is 0 Å². The van der Waals surface area contributed by atoms with E-state index in [1.165, 1.54) is 31.4 Å². The van der Waals surface area contributed by atoms with Crippen LogP contribution >= 0.6 is 0 Å². The highest BCUT2D eigenvalue weighted by Gasteiger charge is 2.27. The van der Waals surface area contributed by atoms with Crippen LogP contribution in [-0.4, -0.2) is 24.1 Å². The molecule has 0 amide bonds. The molecule has 0 bridgehead atoms. The van der Waals surface area contributed by atoms with E-state index in [4.69, 9.17) is 0 Å². The van der Waals surface area contributed by atoms with E-state index in [1.54, 1.807) is 0 Å². The molecule has 2 aliphatic rings. The minimum atomic E-state index is 0.737. The molecule has 1 saturated carbocycles. The number of aromatic nitrogens is 1. The van der Waals surface area contributed by atoms with Gasteiger partial charge in [-0.05, 0) is 25.0 Å². The Balaban J connectivity index is 1.91. The van der Waals surface area contributed by atoms with E-state index >= 15 is 0 Å². The molecular formula is C12H17N3. The highest BCUT2D eigenvalue weighted by Crippen LogP contribution is 2.32. The van der Waals surface area contributed by atoms with E-state index in [0.29, 0.717) is 0 Å². The summed E-state index contributed by atoms with van der Waals surface area (Å²) in [6.07, 6.45) is 7.35. The molecule has 1 aliphatic heterocycles. The lowest BCUT2D eigenvalue weighted by Gasteiger charge is -2.35. The van der Waals surface area contributed by atoms with Crippen molar-refractivity contribution in [2.24, 2.45) is 0 Å². The number of hydrogen-bond acceptors (Lipinski definition) is 3. The van der Waals surface area contributed by atoms with E-state index < -0.39 is 0 Å². The number of nitrogens with zero attached hydrogens (tertiary/aromatic N) is 2. The molecule has 0 spiro atoms. The van der Waals surface area contributed by atoms with E-state index in [9.17, 15) is 0 Å². The van der Waals surface area contributed by atoms with Crippen molar-refractivity contribution >= 4 is 11.5 Å². The topological polar surface area (TPSA) is 28.2 Å². The van der Waals surface area contributed by atoms with Crippen molar-refractivity contribution < 1.29 is 0 Å². The smallest absolute Gasteiger partial charge is 0.152 e. The lowest BCUT2D eigenvalue weighted by molar-refractivity contribution is 0.599. The minimum absolute atomic E-state index is 0.737. The second-order valence-corrected chi connectivity index (χ2v) is 4.43. The molecule has 1 N–H and O–H groups in total. The van der Waals surface area contributed by atoms with Crippen molar-refractivity contribution in [3.63, 3.8) is 0 Å². The lowest BCUT2D eigenvalue weighted by atomic mass is 10.1. The Morgan fingerprint density at radius 2 is 2.20 bits per heavy atom. The van der Waals surface area contributed by atoms with Gasteiger partial charge in [-0.2, -0.15) is 0 Å². The van der Waals surface area contributed by atoms with Gasteiger partial charge >= 0.3 is 0 Å². The Morgan fingerprint density at radius 1 is 1.33 bits per heavy atom. The fourth-order valence-corrected chi connectivity index (χ4v) is 2.75. The Bertz CT molecular complexity index is 344. The van der Waals surface area contributed by atoms with Crippen LogP contribution in [-0.2, 0) is 0 Å². The molecule has 1 fully saturated rings. The van der Waals surface area contributed by atoms with Gasteiger partial charge in [0.05, 0.1) is 5.69 Å². The molecule has 2 heterocycles. The first kappa shape index (κ1) is 9.01. The van der Waals surface area contributed by atoms with Crippen LogP contribution in [0, 0.1) is 0 Å². The van der Waals surface area contributed by atoms with E-state index in [2.05, 4.69) is 21.3 Å². The zero-order valence-electron chi connectivity index (χ0n) is 8.95. The van der Waals surface area contributed by atoms with Gasteiger partial charge in [0, 0.05) is 25.3 Å². The number of rotatable bonds is 1. The molecule has 3 rings (SSSR count). The first-order valence-corrected chi connectivity index (χ1v) is 5.91. The Morgan fingerprint density at radius 3 is 3.07 bits per heavy atom. The molecule has 0 aromatic carbocycles. The zero-order valence-corrected chi connectivity index (χ0v) is 8.95. The highest BCUT2D eigenvalue weighted by molar-refractivity contribution is 5.68. The van der Waals surface area contributed by atoms with E-state index in [-0.39, 0.29) is 0 Å². The average Bonchev–Trinajstić information content (AvgIpc) is 2.82. The summed E-state index contributed by atoms with van der Waals surface area (Å²) in [6.45, 7) is 2.16. The molecule has 15 heavy (non-hydrogen) atoms. The molecule has 0 atom stereocenters. The fraction of sp³-hybridized carbons (Fsp3) is 0.583. The molecule has 0 saturated heterocycles. The number of hydrogen-bond donors (Lipinski definition) is 1. The number of fused-ring (bicyclic) bond motifs is 1. The van der Waals surface area contributed by atoms with Crippen molar-refractivity contribution in [2.45, 2.75) is 31.7 Å². The predicted molar refractivity (Wildman–Crippen MR) is 62.3 cm³/mol. The summed E-state index contributed by atoms with van der Waals surface area (Å²) in [5, 5.41) is 3.41. The van der Waals surface area contributed by atoms with Crippen LogP contribution in [0.5, 0.6) is 0 Å². The Hall–Kier alpha value is -1.25. The molecule has 0 unspecified atom stereocenters. The number of nitrogens with one attached hydrogen (secondary N) is 1. The summed E-state index contributed by atoms with van der Waals surface area (Å²) in [5.74, 6) is 1.16. The van der Waals surface area contributed by atoms with Crippen LogP contribution in [0.3, 0.4) is 0 Å². The van der Waals surface area contributed by atoms with Gasteiger partial charge in [-0.3, -0.25) is 0 Å². The average molecular weight is 203 g/mol. The van der Waals surface area contributed by atoms with Crippen molar-refractivity contribution in [3.8, 4) is 0 Å². The monoisotopic (exact) mass is 203 g/mol. The van der Waals surface area contributed by atoms with E-state index in [0.717, 1.165) is 24.9 Å². The predicted octanol–water partition coefficient (Wildman–Crippen LogP) is 2.26. The standard InChI is InChI=1S/C12H17N3/c1-2-5-10(4-1)15-9-8-13-11-6-3-7-14-12(11)15/h3,6-7,10,13H,1-2,4-5,8-9H2. The van der Waals surface area contributed by atoms with Gasteiger partial charge in [0.25, 0.3) is 0 Å². The first-order chi connectivity index (χ1) is 7.45. The van der Waals surface area contributed by atoms with Crippen LogP contribution in [0.15, 0.2) is 18.3 Å². The van der Waals surface area contributed by atoms with Crippen molar-refractivity contribution in [1.82, 2.24) is 4.98 Å². The second kappa shape index (κ2) is 3.72. The van der Waals surface area contributed by atoms with Gasteiger partial charge in [-0.25, -0.2) is 4.98 Å². The quantitative estimate of drug-likeness (QED) is 0.758. The normalized spacial score (nSPS) is 21.2. The van der Waals surface area contributed by atoms with Crippen molar-refractivity contribution in [3.05, 3.63) is 18.3 Å². The van der Waals surface area contributed by atoms with E-state index in [1.807, 2.05) is 12.3 Å². The summed E-state index contributed by atoms with van der Waals surface area (Å²) >= 11 is 0. The summed E-state index contributed by atoms with van der Waals surface area (Å²) in [7, 11) is 0. The summed E-state index contributed by atoms with van der Waals surface area (Å²) in [5.41, 5.74) is 1.20. The molecular weight excluding hydrogens is 186 g/mol. The molecule has 1 aromatic heterocycles. The Kier molecular flexibility index (Phi) is 2.24. The third-order valence-corrected chi connectivity index (χ3v) is 3.49. The molecule has 3 heteroatoms. The van der Waals surface area contributed by atoms with Crippen LogP contribution < -0.4 is 10.2 Å². The fourth-order valence-electron chi connectivity index (χ4n) is 2.75. The first-order valence-electron chi connectivity index (χ1n) is 5.91. The molecule has 0 radical (unpaired) electrons. The van der Waals surface area contributed by atoms with Crippen LogP contribution in [0.1, 0.15) is 25.7 Å². The summed E-state index contributed by atoms with van der Waals surface area (Å²) in [6, 6.07) is 4.87. The van der Waals surface area contributed by atoms with Gasteiger partial charge in [0.15, 0.2) is 5.82 Å². The maximum absolute atomic E-state index is 4.51. The SMILES string of the molecule is c1cnc2c(c1)NCCN2C1CCCC1. The summed E-state index contributed by atoms with van der Waals surface area (Å²) < 4.78 is 0. The number of pyridine rings is 1. The van der Waals surface area contributed by atoms with Crippen LogP contribution in [0.25, 0.3) is 0 Å². The van der Waals surface area contributed by atoms with Gasteiger partial charge in [0.2, 0.25) is 0 Å². The van der Waals surface area contributed by atoms with Gasteiger partial charge in [-0.15, -0.1) is 0 Å². The maximum Gasteiger partial charge on any atom is 0.152 e. The molecule has 1 aromatic rings. The van der Waals surface area contributed by atoms with Gasteiger partial charge in [-0.1, -0.05) is 12.8 Å². The highest BCUT2D eigenvalue weighted by atomic mass is 15.3. The molecule has 3 nitrogen and oxygen atoms in total. The zero-order chi connectivity index (χ0) is 10.1. The molecule has 1 aliphatic carbocycles. The second-order valence-electron chi connectivity index (χ2n) is 4.43. The van der Waals surface area contributed by atoms with Gasteiger partial charge < -0.3 is 10.2 Å². The maximum atomic E-state index is 4.51. The van der Waals surface area contributed by atoms with Crippen LogP contribution in [0.4, 0.5) is 11.5 Å². The molecule has 80 valence electrons. The minimum Gasteiger partial charge on any atom is -0.380 e. The lowest BCUT2D eigenvalue weighted by Crippen LogP contribution is -2.41. The summed E-state index contributed by atoms with van der Waals surface area (Å²) in [4.78, 5) is 7.01. The number of anilines is 2. The van der Waals surface area contributed by atoms with Crippen molar-refractivity contribution in [2.75, 3.05) is 23.3 Å². The largest absolute Gasteiger partial charge is 0.380 e. The van der Waals surface area contributed by atoms with Crippen LogP contribution in [0.2, 0.25) is 0 Å².